The first kappa shape index (κ1) is 23.5. The number of rotatable bonds is 6. The van der Waals surface area contributed by atoms with Crippen molar-refractivity contribution >= 4 is 17.1 Å². The number of aromatic nitrogens is 1. The summed E-state index contributed by atoms with van der Waals surface area (Å²) in [7, 11) is 0. The number of halogens is 4. The number of carbonyl (C=O) groups is 1. The molecule has 0 saturated carbocycles. The lowest BCUT2D eigenvalue weighted by molar-refractivity contribution is -0.255. The fourth-order valence-electron chi connectivity index (χ4n) is 4.05. The third-order valence-corrected chi connectivity index (χ3v) is 5.69. The van der Waals surface area contributed by atoms with Gasteiger partial charge in [0.15, 0.2) is 0 Å². The van der Waals surface area contributed by atoms with E-state index < -0.39 is 29.2 Å². The van der Waals surface area contributed by atoms with Gasteiger partial charge in [-0.2, -0.15) is 13.2 Å². The molecule has 0 atom stereocenters. The predicted molar refractivity (Wildman–Crippen MR) is 116 cm³/mol. The zero-order valence-electron chi connectivity index (χ0n) is 18.2. The number of hydrogen-bond donors (Lipinski definition) is 0. The number of carboxylic acid groups (broad SMARTS) is 1. The molecule has 34 heavy (non-hydrogen) atoms. The average Bonchev–Trinajstić information content (AvgIpc) is 3.28. The van der Waals surface area contributed by atoms with Crippen molar-refractivity contribution in [3.63, 3.8) is 0 Å². The van der Waals surface area contributed by atoms with Crippen LogP contribution in [0.25, 0.3) is 11.1 Å². The number of hydrogen-bond acceptors (Lipinski definition) is 4. The van der Waals surface area contributed by atoms with Gasteiger partial charge in [-0.1, -0.05) is 29.8 Å². The Kier molecular flexibility index (Phi) is 6.41. The second-order valence-electron chi connectivity index (χ2n) is 8.10. The molecule has 3 aromatic rings. The van der Waals surface area contributed by atoms with E-state index >= 15 is 0 Å². The molecule has 1 aromatic heterocycles. The molecule has 4 nitrogen and oxygen atoms in total. The van der Waals surface area contributed by atoms with Crippen LogP contribution in [0.1, 0.15) is 57.7 Å². The first-order valence-electron chi connectivity index (χ1n) is 10.6. The monoisotopic (exact) mass is 470 g/mol. The van der Waals surface area contributed by atoms with Crippen LogP contribution in [0, 0.1) is 12.7 Å². The molecule has 0 saturated heterocycles. The van der Waals surface area contributed by atoms with E-state index in [0.717, 1.165) is 17.2 Å². The van der Waals surface area contributed by atoms with Gasteiger partial charge in [-0.05, 0) is 67.7 Å². The Morgan fingerprint density at radius 3 is 2.50 bits per heavy atom. The van der Waals surface area contributed by atoms with E-state index in [-0.39, 0.29) is 12.3 Å². The number of nitrogens with zero attached hydrogens (tertiary/aromatic N) is 1. The summed E-state index contributed by atoms with van der Waals surface area (Å²) in [6.07, 6.45) is -3.10. The summed E-state index contributed by atoms with van der Waals surface area (Å²) in [4.78, 5) is 15.3. The summed E-state index contributed by atoms with van der Waals surface area (Å²) in [5.41, 5.74) is 1.26. The van der Waals surface area contributed by atoms with Crippen LogP contribution in [0.2, 0.25) is 0 Å². The zero-order chi connectivity index (χ0) is 24.5. The molecule has 1 heterocycles. The molecule has 0 aliphatic heterocycles. The normalized spacial score (nSPS) is 13.9. The maximum absolute atomic E-state index is 14.0. The number of allylic oxidation sites excluding steroid dienone is 2. The number of carbonyl (C=O) groups excluding carboxylic acids is 1. The van der Waals surface area contributed by atoms with Crippen molar-refractivity contribution < 1.29 is 32.2 Å². The fraction of sp³-hybridized carbons (Fsp3) is 0.231. The molecule has 0 bridgehead atoms. The minimum absolute atomic E-state index is 0.0258. The SMILES string of the molecule is Cc1ccc(OCc2ccccc2F)c(C2=C(c3cc(C(F)(F)F)cc(C(=O)[O-])n3)CCC2)c1. The van der Waals surface area contributed by atoms with Crippen molar-refractivity contribution in [1.82, 2.24) is 4.98 Å². The quantitative estimate of drug-likeness (QED) is 0.441. The Hall–Kier alpha value is -3.68. The van der Waals surface area contributed by atoms with Crippen LogP contribution in [0.3, 0.4) is 0 Å². The molecule has 0 spiro atoms. The third kappa shape index (κ3) is 4.95. The van der Waals surface area contributed by atoms with Crippen LogP contribution < -0.4 is 9.84 Å². The highest BCUT2D eigenvalue weighted by Gasteiger charge is 2.33. The third-order valence-electron chi connectivity index (χ3n) is 5.69. The summed E-state index contributed by atoms with van der Waals surface area (Å²) >= 11 is 0. The van der Waals surface area contributed by atoms with Crippen molar-refractivity contribution in [2.45, 2.75) is 39.0 Å². The first-order valence-corrected chi connectivity index (χ1v) is 10.6. The molecule has 1 aliphatic carbocycles. The molecule has 0 fully saturated rings. The number of benzene rings is 2. The second kappa shape index (κ2) is 9.29. The number of aromatic carboxylic acids is 1. The molecule has 8 heteroatoms. The van der Waals surface area contributed by atoms with Crippen LogP contribution >= 0.6 is 0 Å². The highest BCUT2D eigenvalue weighted by atomic mass is 19.4. The van der Waals surface area contributed by atoms with E-state index in [4.69, 9.17) is 4.74 Å². The van der Waals surface area contributed by atoms with Gasteiger partial charge in [-0.3, -0.25) is 0 Å². The summed E-state index contributed by atoms with van der Waals surface area (Å²) in [5.74, 6) is -1.73. The van der Waals surface area contributed by atoms with Gasteiger partial charge in [0.1, 0.15) is 18.2 Å². The van der Waals surface area contributed by atoms with Gasteiger partial charge in [-0.15, -0.1) is 0 Å². The second-order valence-corrected chi connectivity index (χ2v) is 8.10. The topological polar surface area (TPSA) is 62.2 Å². The highest BCUT2D eigenvalue weighted by Crippen LogP contribution is 2.43. The smallest absolute Gasteiger partial charge is 0.416 e. The number of aryl methyl sites for hydroxylation is 1. The Labute approximate surface area is 193 Å². The predicted octanol–water partition coefficient (Wildman–Crippen LogP) is 5.59. The Bertz CT molecular complexity index is 1280. The lowest BCUT2D eigenvalue weighted by Crippen LogP contribution is -2.25. The Morgan fingerprint density at radius 2 is 1.79 bits per heavy atom. The molecule has 176 valence electrons. The molecule has 0 unspecified atom stereocenters. The minimum Gasteiger partial charge on any atom is -0.543 e. The summed E-state index contributed by atoms with van der Waals surface area (Å²) in [6, 6.07) is 13.0. The van der Waals surface area contributed by atoms with E-state index in [1.807, 2.05) is 19.1 Å². The van der Waals surface area contributed by atoms with Gasteiger partial charge < -0.3 is 14.6 Å². The molecular weight excluding hydrogens is 450 g/mol. The van der Waals surface area contributed by atoms with Gasteiger partial charge in [0.25, 0.3) is 0 Å². The van der Waals surface area contributed by atoms with Crippen LogP contribution in [-0.2, 0) is 12.8 Å². The van der Waals surface area contributed by atoms with Gasteiger partial charge in [-0.25, -0.2) is 9.37 Å². The minimum atomic E-state index is -4.74. The highest BCUT2D eigenvalue weighted by molar-refractivity contribution is 5.94. The lowest BCUT2D eigenvalue weighted by Gasteiger charge is -2.17. The standard InChI is InChI=1S/C26H21F4NO3/c1-15-9-10-24(34-14-16-5-2-3-8-21(16)27)20(11-15)18-6-4-7-19(18)22-12-17(26(28,29)30)13-23(31-22)25(32)33/h2-3,5,8-13H,4,6-7,14H2,1H3,(H,32,33)/p-1. The number of alkyl halides is 3. The summed E-state index contributed by atoms with van der Waals surface area (Å²) in [5, 5.41) is 11.3. The maximum atomic E-state index is 14.0. The van der Waals surface area contributed by atoms with Crippen LogP contribution in [-0.4, -0.2) is 11.0 Å². The van der Waals surface area contributed by atoms with Gasteiger partial charge >= 0.3 is 6.18 Å². The van der Waals surface area contributed by atoms with Crippen LogP contribution in [0.5, 0.6) is 5.75 Å². The maximum Gasteiger partial charge on any atom is 0.416 e. The van der Waals surface area contributed by atoms with E-state index in [1.54, 1.807) is 24.3 Å². The van der Waals surface area contributed by atoms with Crippen molar-refractivity contribution in [1.29, 1.82) is 0 Å². The fourth-order valence-corrected chi connectivity index (χ4v) is 4.05. The van der Waals surface area contributed by atoms with E-state index in [9.17, 15) is 27.5 Å². The molecular formula is C26H20F4NO3-. The van der Waals surface area contributed by atoms with E-state index in [0.29, 0.717) is 47.8 Å². The molecule has 1 aliphatic rings. The number of ether oxygens (including phenoxy) is 1. The lowest BCUT2D eigenvalue weighted by atomic mass is 9.96. The summed E-state index contributed by atoms with van der Waals surface area (Å²) < 4.78 is 60.2. The first-order chi connectivity index (χ1) is 16.1. The largest absolute Gasteiger partial charge is 0.543 e. The Balaban J connectivity index is 1.79. The molecule has 0 N–H and O–H groups in total. The van der Waals surface area contributed by atoms with Crippen molar-refractivity contribution in [3.8, 4) is 5.75 Å². The average molecular weight is 470 g/mol. The van der Waals surface area contributed by atoms with Gasteiger partial charge in [0, 0.05) is 11.1 Å². The summed E-state index contributed by atoms with van der Waals surface area (Å²) in [6.45, 7) is 1.85. The van der Waals surface area contributed by atoms with Crippen LogP contribution in [0.15, 0.2) is 54.6 Å². The molecule has 4 rings (SSSR count). The Morgan fingerprint density at radius 1 is 1.06 bits per heavy atom. The van der Waals surface area contributed by atoms with E-state index in [1.165, 1.54) is 6.07 Å². The van der Waals surface area contributed by atoms with E-state index in [2.05, 4.69) is 4.98 Å². The van der Waals surface area contributed by atoms with Crippen molar-refractivity contribution in [2.75, 3.05) is 0 Å². The molecule has 0 radical (unpaired) electrons. The van der Waals surface area contributed by atoms with Crippen molar-refractivity contribution in [2.24, 2.45) is 0 Å². The number of pyridine rings is 1. The zero-order valence-corrected chi connectivity index (χ0v) is 18.2. The molecule has 2 aromatic carbocycles. The van der Waals surface area contributed by atoms with Gasteiger partial charge in [0.05, 0.1) is 22.9 Å². The molecule has 0 amide bonds. The van der Waals surface area contributed by atoms with Crippen LogP contribution in [0.4, 0.5) is 17.6 Å². The van der Waals surface area contributed by atoms with Gasteiger partial charge in [0.2, 0.25) is 0 Å². The van der Waals surface area contributed by atoms with Crippen molar-refractivity contribution in [3.05, 3.63) is 94.1 Å². The number of carboxylic acids is 1.